The second-order valence-corrected chi connectivity index (χ2v) is 5.16. The lowest BCUT2D eigenvalue weighted by molar-refractivity contribution is -0.118. The molecule has 23 heavy (non-hydrogen) atoms. The van der Waals surface area contributed by atoms with Crippen molar-refractivity contribution in [2.24, 2.45) is 5.73 Å². The molecule has 1 aromatic carbocycles. The van der Waals surface area contributed by atoms with Gasteiger partial charge in [-0.1, -0.05) is 18.2 Å². The van der Waals surface area contributed by atoms with Crippen LogP contribution in [0.15, 0.2) is 36.5 Å². The lowest BCUT2D eigenvalue weighted by atomic mass is 10.1. The maximum absolute atomic E-state index is 12.4. The molecule has 0 aliphatic rings. The number of nitrogens with zero attached hydrogens (tertiary/aromatic N) is 1. The zero-order chi connectivity index (χ0) is 16.7. The predicted octanol–water partition coefficient (Wildman–Crippen LogP) is 1.94. The van der Waals surface area contributed by atoms with Crippen LogP contribution in [-0.4, -0.2) is 34.7 Å². The lowest BCUT2D eigenvalue weighted by Crippen LogP contribution is -2.43. The first kappa shape index (κ1) is 16.7. The number of nitrogens with two attached hydrogens (primary N) is 1. The van der Waals surface area contributed by atoms with E-state index in [1.165, 1.54) is 0 Å². The Morgan fingerprint density at radius 1 is 1.22 bits per heavy atom. The van der Waals surface area contributed by atoms with Crippen LogP contribution in [0.2, 0.25) is 0 Å². The molecule has 1 heterocycles. The Morgan fingerprint density at radius 2 is 2.00 bits per heavy atom. The van der Waals surface area contributed by atoms with Gasteiger partial charge in [0.15, 0.2) is 0 Å². The highest BCUT2D eigenvalue weighted by molar-refractivity contribution is 6.02. The minimum Gasteiger partial charge on any atom is -0.465 e. The molecule has 0 spiro atoms. The third-order valence-corrected chi connectivity index (χ3v) is 3.45. The van der Waals surface area contributed by atoms with Crippen LogP contribution in [0.5, 0.6) is 0 Å². The number of carboxylic acid groups (broad SMARTS) is 1. The van der Waals surface area contributed by atoms with Crippen LogP contribution >= 0.6 is 0 Å². The SMILES string of the molecule is NCCCCC(NC(=O)O)C(=O)Nc1cccc2cccnc12. The van der Waals surface area contributed by atoms with Crippen molar-refractivity contribution in [2.45, 2.75) is 25.3 Å². The summed E-state index contributed by atoms with van der Waals surface area (Å²) < 4.78 is 0. The lowest BCUT2D eigenvalue weighted by Gasteiger charge is -2.17. The minimum absolute atomic E-state index is 0.396. The molecule has 0 aliphatic heterocycles. The van der Waals surface area contributed by atoms with Crippen molar-refractivity contribution < 1.29 is 14.7 Å². The summed E-state index contributed by atoms with van der Waals surface area (Å²) in [6, 6.07) is 8.34. The summed E-state index contributed by atoms with van der Waals surface area (Å²) in [7, 11) is 0. The van der Waals surface area contributed by atoms with Gasteiger partial charge in [0.05, 0.1) is 11.2 Å². The zero-order valence-corrected chi connectivity index (χ0v) is 12.7. The third kappa shape index (κ3) is 4.65. The van der Waals surface area contributed by atoms with Gasteiger partial charge in [0.1, 0.15) is 6.04 Å². The molecule has 2 aromatic rings. The number of para-hydroxylation sites is 1. The van der Waals surface area contributed by atoms with Crippen molar-refractivity contribution >= 4 is 28.6 Å². The molecule has 5 N–H and O–H groups in total. The molecule has 1 atom stereocenters. The van der Waals surface area contributed by atoms with Gasteiger partial charge in [-0.3, -0.25) is 9.78 Å². The maximum Gasteiger partial charge on any atom is 0.405 e. The summed E-state index contributed by atoms with van der Waals surface area (Å²) in [5.41, 5.74) is 6.66. The number of pyridine rings is 1. The molecule has 0 radical (unpaired) electrons. The van der Waals surface area contributed by atoms with Gasteiger partial charge in [0.2, 0.25) is 5.91 Å². The van der Waals surface area contributed by atoms with E-state index < -0.39 is 18.0 Å². The Labute approximate surface area is 133 Å². The molecule has 122 valence electrons. The van der Waals surface area contributed by atoms with E-state index in [0.29, 0.717) is 30.6 Å². The summed E-state index contributed by atoms with van der Waals surface area (Å²) in [4.78, 5) is 27.5. The number of carbonyl (C=O) groups excluding carboxylic acids is 1. The molecule has 0 saturated heterocycles. The molecule has 0 aliphatic carbocycles. The molecular weight excluding hydrogens is 296 g/mol. The number of hydrogen-bond donors (Lipinski definition) is 4. The fourth-order valence-corrected chi connectivity index (χ4v) is 2.34. The van der Waals surface area contributed by atoms with Crippen molar-refractivity contribution in [3.05, 3.63) is 36.5 Å². The Balaban J connectivity index is 2.14. The van der Waals surface area contributed by atoms with E-state index in [9.17, 15) is 9.59 Å². The topological polar surface area (TPSA) is 117 Å². The molecule has 7 heteroatoms. The van der Waals surface area contributed by atoms with Gasteiger partial charge in [-0.15, -0.1) is 0 Å². The van der Waals surface area contributed by atoms with Crippen molar-refractivity contribution in [2.75, 3.05) is 11.9 Å². The van der Waals surface area contributed by atoms with Crippen molar-refractivity contribution in [1.82, 2.24) is 10.3 Å². The summed E-state index contributed by atoms with van der Waals surface area (Å²) in [6.07, 6.45) is 2.22. The highest BCUT2D eigenvalue weighted by Crippen LogP contribution is 2.21. The van der Waals surface area contributed by atoms with Crippen LogP contribution in [0, 0.1) is 0 Å². The smallest absolute Gasteiger partial charge is 0.405 e. The Kier molecular flexibility index (Phi) is 5.87. The van der Waals surface area contributed by atoms with E-state index in [2.05, 4.69) is 15.6 Å². The summed E-state index contributed by atoms with van der Waals surface area (Å²) in [5, 5.41) is 14.8. The van der Waals surface area contributed by atoms with Gasteiger partial charge in [-0.25, -0.2) is 4.79 Å². The number of aromatic nitrogens is 1. The number of anilines is 1. The predicted molar refractivity (Wildman–Crippen MR) is 88.2 cm³/mol. The van der Waals surface area contributed by atoms with Gasteiger partial charge >= 0.3 is 6.09 Å². The number of benzene rings is 1. The molecule has 1 unspecified atom stereocenters. The number of fused-ring (bicyclic) bond motifs is 1. The van der Waals surface area contributed by atoms with Crippen LogP contribution in [0.3, 0.4) is 0 Å². The molecule has 0 saturated carbocycles. The second-order valence-electron chi connectivity index (χ2n) is 5.16. The largest absolute Gasteiger partial charge is 0.465 e. The van der Waals surface area contributed by atoms with Crippen LogP contribution in [0.1, 0.15) is 19.3 Å². The molecule has 0 bridgehead atoms. The molecule has 2 rings (SSSR count). The van der Waals surface area contributed by atoms with Crippen molar-refractivity contribution in [3.63, 3.8) is 0 Å². The van der Waals surface area contributed by atoms with E-state index in [0.717, 1.165) is 11.8 Å². The van der Waals surface area contributed by atoms with E-state index in [1.54, 1.807) is 12.3 Å². The third-order valence-electron chi connectivity index (χ3n) is 3.45. The average Bonchev–Trinajstić information content (AvgIpc) is 2.54. The van der Waals surface area contributed by atoms with E-state index >= 15 is 0 Å². The Hall–Kier alpha value is -2.67. The van der Waals surface area contributed by atoms with E-state index in [1.807, 2.05) is 24.3 Å². The molecule has 1 aromatic heterocycles. The van der Waals surface area contributed by atoms with Crippen molar-refractivity contribution in [1.29, 1.82) is 0 Å². The number of hydrogen-bond acceptors (Lipinski definition) is 4. The first-order valence-corrected chi connectivity index (χ1v) is 7.46. The Morgan fingerprint density at radius 3 is 2.74 bits per heavy atom. The molecule has 0 fully saturated rings. The number of unbranched alkanes of at least 4 members (excludes halogenated alkanes) is 1. The normalized spacial score (nSPS) is 11.9. The number of rotatable bonds is 7. The maximum atomic E-state index is 12.4. The summed E-state index contributed by atoms with van der Waals surface area (Å²) >= 11 is 0. The monoisotopic (exact) mass is 316 g/mol. The van der Waals surface area contributed by atoms with Gasteiger partial charge in [0, 0.05) is 11.6 Å². The summed E-state index contributed by atoms with van der Waals surface area (Å²) in [6.45, 7) is 0.509. The highest BCUT2D eigenvalue weighted by atomic mass is 16.4. The van der Waals surface area contributed by atoms with Gasteiger partial charge in [0.25, 0.3) is 0 Å². The number of nitrogens with one attached hydrogen (secondary N) is 2. The van der Waals surface area contributed by atoms with E-state index in [-0.39, 0.29) is 0 Å². The standard InChI is InChI=1S/C16H20N4O3/c17-9-2-1-7-13(20-16(22)23)15(21)19-12-8-3-5-11-6-4-10-18-14(11)12/h3-6,8,10,13,20H,1-2,7,9,17H2,(H,19,21)(H,22,23). The highest BCUT2D eigenvalue weighted by Gasteiger charge is 2.20. The van der Waals surface area contributed by atoms with Gasteiger partial charge < -0.3 is 21.5 Å². The number of carbonyl (C=O) groups is 2. The second kappa shape index (κ2) is 8.09. The average molecular weight is 316 g/mol. The first-order valence-electron chi connectivity index (χ1n) is 7.46. The minimum atomic E-state index is -1.23. The van der Waals surface area contributed by atoms with Crippen LogP contribution < -0.4 is 16.4 Å². The Bertz CT molecular complexity index is 685. The van der Waals surface area contributed by atoms with E-state index in [4.69, 9.17) is 10.8 Å². The van der Waals surface area contributed by atoms with Crippen molar-refractivity contribution in [3.8, 4) is 0 Å². The number of amides is 2. The zero-order valence-electron chi connectivity index (χ0n) is 12.7. The van der Waals surface area contributed by atoms with Gasteiger partial charge in [-0.2, -0.15) is 0 Å². The van der Waals surface area contributed by atoms with Crippen LogP contribution in [0.25, 0.3) is 10.9 Å². The first-order chi connectivity index (χ1) is 11.1. The quantitative estimate of drug-likeness (QED) is 0.582. The fourth-order valence-electron chi connectivity index (χ4n) is 2.34. The molecule has 7 nitrogen and oxygen atoms in total. The molecular formula is C16H20N4O3. The van der Waals surface area contributed by atoms with Crippen LogP contribution in [0.4, 0.5) is 10.5 Å². The molecule has 2 amide bonds. The van der Waals surface area contributed by atoms with Crippen LogP contribution in [-0.2, 0) is 4.79 Å². The summed E-state index contributed by atoms with van der Waals surface area (Å²) in [5.74, 6) is -0.400. The van der Waals surface area contributed by atoms with Gasteiger partial charge in [-0.05, 0) is 37.9 Å². The fraction of sp³-hybridized carbons (Fsp3) is 0.312.